The average molecular weight is 188 g/mol. The number of hydrogen-bond acceptors (Lipinski definition) is 6. The Morgan fingerprint density at radius 1 is 1.22 bits per heavy atom. The van der Waals surface area contributed by atoms with E-state index in [2.05, 4.69) is 4.33 Å². The van der Waals surface area contributed by atoms with Crippen LogP contribution in [0.5, 0.6) is 0 Å². The zero-order valence-electron chi connectivity index (χ0n) is 3.42. The summed E-state index contributed by atoms with van der Waals surface area (Å²) < 4.78 is 28.0. The zero-order chi connectivity index (χ0) is 7.21. The molecule has 9 heteroatoms. The van der Waals surface area contributed by atoms with E-state index in [9.17, 15) is 0 Å². The van der Waals surface area contributed by atoms with Crippen LogP contribution in [0.25, 0.3) is 0 Å². The van der Waals surface area contributed by atoms with Gasteiger partial charge in [0.05, 0.1) is 0 Å². The fraction of sp³-hybridized carbons (Fsp3) is 0. The van der Waals surface area contributed by atoms with Crippen LogP contribution < -0.4 is 0 Å². The zero-order valence-corrected chi connectivity index (χ0v) is 4.24. The molecule has 0 saturated heterocycles. The fourth-order valence-corrected chi connectivity index (χ4v) is 0. The van der Waals surface area contributed by atoms with Crippen molar-refractivity contribution in [1.82, 2.24) is 0 Å². The van der Waals surface area contributed by atoms with Crippen LogP contribution in [0.1, 0.15) is 0 Å². The van der Waals surface area contributed by atoms with Gasteiger partial charge in [-0.25, -0.2) is 5.26 Å². The summed E-state index contributed by atoms with van der Waals surface area (Å²) in [7, 11) is -4.61. The third-order valence-electron chi connectivity index (χ3n) is 0.0942. The molecule has 0 aliphatic rings. The molecule has 0 fully saturated rings. The third kappa shape index (κ3) is 26.6. The second-order valence-corrected chi connectivity index (χ2v) is 1.51. The van der Waals surface area contributed by atoms with E-state index in [0.29, 0.717) is 0 Å². The van der Waals surface area contributed by atoms with Gasteiger partial charge >= 0.3 is 61.8 Å². The molecule has 0 saturated carbocycles. The standard InChI is InChI=1S/K.H2O5S.H2O2.H/c;1-5-6(2,3)4;1-2;/h;1H,(H,2,3,4);1-2H;. The quantitative estimate of drug-likeness (QED) is 0.173. The van der Waals surface area contributed by atoms with Crippen LogP contribution in [-0.4, -0.2) is 80.1 Å². The molecule has 0 aromatic rings. The predicted molar refractivity (Wildman–Crippen MR) is 27.7 cm³/mol. The van der Waals surface area contributed by atoms with Crippen LogP contribution in [0.3, 0.4) is 0 Å². The van der Waals surface area contributed by atoms with Crippen LogP contribution in [0.15, 0.2) is 0 Å². The molecule has 0 aliphatic carbocycles. The summed E-state index contributed by atoms with van der Waals surface area (Å²) in [5.74, 6) is 0. The Bertz CT molecular complexity index is 111. The van der Waals surface area contributed by atoms with E-state index < -0.39 is 10.4 Å². The molecular weight excluding hydrogens is 183 g/mol. The Morgan fingerprint density at radius 2 is 1.33 bits per heavy atom. The number of rotatable bonds is 1. The molecule has 7 nitrogen and oxygen atoms in total. The van der Waals surface area contributed by atoms with Crippen LogP contribution in [0.2, 0.25) is 0 Å². The average Bonchev–Trinajstić information content (AvgIpc) is 1.71. The molecule has 0 aliphatic heterocycles. The van der Waals surface area contributed by atoms with E-state index >= 15 is 0 Å². The summed E-state index contributed by atoms with van der Waals surface area (Å²) in [5, 5.41) is 19.1. The molecule has 0 amide bonds. The van der Waals surface area contributed by atoms with E-state index in [4.69, 9.17) is 28.7 Å². The maximum absolute atomic E-state index is 9.08. The summed E-state index contributed by atoms with van der Waals surface area (Å²) in [4.78, 5) is 0. The summed E-state index contributed by atoms with van der Waals surface area (Å²) in [6, 6.07) is 0. The second kappa shape index (κ2) is 9.39. The van der Waals surface area contributed by atoms with Crippen LogP contribution >= 0.6 is 0 Å². The molecule has 0 aromatic carbocycles. The van der Waals surface area contributed by atoms with Crippen molar-refractivity contribution in [3.05, 3.63) is 0 Å². The van der Waals surface area contributed by atoms with E-state index in [0.717, 1.165) is 0 Å². The molecule has 0 radical (unpaired) electrons. The summed E-state index contributed by atoms with van der Waals surface area (Å²) >= 11 is 0. The maximum atomic E-state index is 9.08. The third-order valence-corrected chi connectivity index (χ3v) is 0.283. The van der Waals surface area contributed by atoms with Crippen LogP contribution in [0, 0.1) is 0 Å². The van der Waals surface area contributed by atoms with Gasteiger partial charge in [-0.15, -0.1) is 0 Å². The van der Waals surface area contributed by atoms with Gasteiger partial charge in [0.25, 0.3) is 0 Å². The number of hydrogen-bond donors (Lipinski definition) is 4. The Morgan fingerprint density at radius 3 is 1.33 bits per heavy atom. The van der Waals surface area contributed by atoms with Crippen LogP contribution in [0.4, 0.5) is 0 Å². The molecule has 0 unspecified atom stereocenters. The van der Waals surface area contributed by atoms with E-state index in [-0.39, 0.29) is 51.4 Å². The van der Waals surface area contributed by atoms with Crippen molar-refractivity contribution in [3.8, 4) is 0 Å². The predicted octanol–water partition coefficient (Wildman–Crippen LogP) is -1.35. The van der Waals surface area contributed by atoms with Crippen LogP contribution in [-0.2, 0) is 14.7 Å². The molecule has 4 N–H and O–H groups in total. The van der Waals surface area contributed by atoms with Crippen molar-refractivity contribution >= 4 is 61.8 Å². The van der Waals surface area contributed by atoms with Gasteiger partial charge in [-0.3, -0.25) is 15.1 Å². The van der Waals surface area contributed by atoms with Crippen molar-refractivity contribution in [2.75, 3.05) is 0 Å². The first-order valence-electron chi connectivity index (χ1n) is 1.07. The first-order chi connectivity index (χ1) is 3.56. The van der Waals surface area contributed by atoms with E-state index in [1.165, 1.54) is 0 Å². The summed E-state index contributed by atoms with van der Waals surface area (Å²) in [6.07, 6.45) is 0. The fourth-order valence-electron chi connectivity index (χ4n) is 0. The molecule has 54 valence electrons. The molecule has 0 bridgehead atoms. The van der Waals surface area contributed by atoms with Gasteiger partial charge < -0.3 is 0 Å². The van der Waals surface area contributed by atoms with Crippen molar-refractivity contribution < 1.29 is 33.1 Å². The van der Waals surface area contributed by atoms with Gasteiger partial charge in [0, 0.05) is 0 Å². The molecule has 0 atom stereocenters. The van der Waals surface area contributed by atoms with Gasteiger partial charge in [-0.2, -0.15) is 8.42 Å². The van der Waals surface area contributed by atoms with E-state index in [1.54, 1.807) is 0 Å². The second-order valence-electron chi connectivity index (χ2n) is 0.502. The summed E-state index contributed by atoms with van der Waals surface area (Å²) in [6.45, 7) is 0. The molecule has 0 aromatic heterocycles. The Hall–Kier alpha value is 1.39. The first kappa shape index (κ1) is 16.8. The Labute approximate surface area is 93.5 Å². The molecule has 0 spiro atoms. The molecule has 0 rings (SSSR count). The molecule has 9 heavy (non-hydrogen) atoms. The van der Waals surface area contributed by atoms with E-state index in [1.807, 2.05) is 0 Å². The van der Waals surface area contributed by atoms with Gasteiger partial charge in [0.15, 0.2) is 0 Å². The van der Waals surface area contributed by atoms with Gasteiger partial charge in [-0.05, 0) is 0 Å². The van der Waals surface area contributed by atoms with Gasteiger partial charge in [0.2, 0.25) is 0 Å². The van der Waals surface area contributed by atoms with Crippen molar-refractivity contribution in [2.45, 2.75) is 0 Å². The van der Waals surface area contributed by atoms with Gasteiger partial charge in [0.1, 0.15) is 0 Å². The molecular formula is H5KO7S. The first-order valence-corrected chi connectivity index (χ1v) is 2.43. The Balaban J connectivity index is -0.000000109. The minimum absolute atomic E-state index is 0. The van der Waals surface area contributed by atoms with Crippen molar-refractivity contribution in [2.24, 2.45) is 0 Å². The van der Waals surface area contributed by atoms with Crippen molar-refractivity contribution in [3.63, 3.8) is 0 Å². The Kier molecular flexibility index (Phi) is 17.5. The summed E-state index contributed by atoms with van der Waals surface area (Å²) in [5.41, 5.74) is 0. The molecule has 0 heterocycles. The minimum atomic E-state index is -4.61. The van der Waals surface area contributed by atoms with Gasteiger partial charge in [-0.1, -0.05) is 4.33 Å². The topological polar surface area (TPSA) is 124 Å². The SMILES string of the molecule is O=S(=O)(O)OO.OO.[KH]. The normalized spacial score (nSPS) is 8.44. The monoisotopic (exact) mass is 188 g/mol. The van der Waals surface area contributed by atoms with Crippen molar-refractivity contribution in [1.29, 1.82) is 0 Å².